The average Bonchev–Trinajstić information content (AvgIpc) is 3.97. The number of pyridine rings is 1. The van der Waals surface area contributed by atoms with Gasteiger partial charge in [0.2, 0.25) is 0 Å². The number of aryl methyl sites for hydroxylation is 1. The number of amides is 1. The van der Waals surface area contributed by atoms with E-state index in [1.165, 1.54) is 36.5 Å². The number of nitro groups is 1. The Hall–Kier alpha value is -5.67. The minimum absolute atomic E-state index is 0.0157. The summed E-state index contributed by atoms with van der Waals surface area (Å²) in [7, 11) is -4.64. The molecule has 3 N–H and O–H groups in total. The standard InChI is InChI=1S/C52H63N7O7S/c1-32(2)38-9-6-7-10-39(38)40-11-8-12-43(40)58-30-52(31-58)20-23-57(24-21-52)36-13-14-41(46(26-36)66-45-25-35-17-22-53-49(35)54-33(45)3)50(60)56-67(63,64)37-27-44(59(61)62)48-47(28-37)65-29-42(55-48)34-15-18-51(4,5)19-16-34/h6-7,9-10,13-14,17,22,25-28,32,34,40,42-43,55H,8,11-12,15-16,18-21,23-24,29-31H2,1-5H3,(H,53,54)(H,56,60)/t40-,42?,43?/m1/s1. The molecule has 0 radical (unpaired) electrons. The van der Waals surface area contributed by atoms with Gasteiger partial charge in [0.05, 0.1) is 27.1 Å². The summed E-state index contributed by atoms with van der Waals surface area (Å²) in [5.41, 5.74) is 5.36. The number of piperidine rings is 1. The number of rotatable bonds is 11. The predicted octanol–water partition coefficient (Wildman–Crippen LogP) is 10.4. The molecule has 67 heavy (non-hydrogen) atoms. The van der Waals surface area contributed by atoms with E-state index >= 15 is 0 Å². The molecule has 15 heteroatoms. The molecule has 2 unspecified atom stereocenters. The Kier molecular flexibility index (Phi) is 11.8. The van der Waals surface area contributed by atoms with Gasteiger partial charge in [0.25, 0.3) is 21.6 Å². The number of anilines is 2. The summed E-state index contributed by atoms with van der Waals surface area (Å²) in [6.45, 7) is 15.0. The predicted molar refractivity (Wildman–Crippen MR) is 260 cm³/mol. The molecule has 10 rings (SSSR count). The number of benzene rings is 3. The van der Waals surface area contributed by atoms with E-state index in [0.29, 0.717) is 35.0 Å². The summed E-state index contributed by atoms with van der Waals surface area (Å²) in [5.74, 6) is 1.04. The molecule has 1 amide bonds. The van der Waals surface area contributed by atoms with Gasteiger partial charge in [-0.15, -0.1) is 0 Å². The first-order valence-electron chi connectivity index (χ1n) is 24.2. The Morgan fingerprint density at radius 1 is 0.970 bits per heavy atom. The number of likely N-dealkylation sites (tertiary alicyclic amines) is 1. The summed E-state index contributed by atoms with van der Waals surface area (Å²) in [5, 5.41) is 16.6. The van der Waals surface area contributed by atoms with Crippen LogP contribution in [0.25, 0.3) is 11.0 Å². The zero-order valence-electron chi connectivity index (χ0n) is 39.3. The fraction of sp³-hybridized carbons (Fsp3) is 0.500. The lowest BCUT2D eigenvalue weighted by Crippen LogP contribution is -2.63. The quantitative estimate of drug-likeness (QED) is 0.0850. The van der Waals surface area contributed by atoms with Crippen molar-refractivity contribution in [1.29, 1.82) is 0 Å². The highest BCUT2D eigenvalue weighted by molar-refractivity contribution is 7.90. The molecule has 4 fully saturated rings. The van der Waals surface area contributed by atoms with Crippen LogP contribution in [-0.4, -0.2) is 79.0 Å². The maximum atomic E-state index is 14.2. The Bertz CT molecular complexity index is 2820. The van der Waals surface area contributed by atoms with E-state index in [2.05, 4.69) is 81.8 Å². The molecule has 2 aliphatic carbocycles. The maximum Gasteiger partial charge on any atom is 0.297 e. The van der Waals surface area contributed by atoms with Gasteiger partial charge in [0.15, 0.2) is 11.4 Å². The monoisotopic (exact) mass is 929 g/mol. The maximum absolute atomic E-state index is 14.2. The molecular weight excluding hydrogens is 867 g/mol. The Morgan fingerprint density at radius 3 is 2.48 bits per heavy atom. The number of nitro benzene ring substituents is 1. The number of sulfonamides is 1. The number of hydrogen-bond acceptors (Lipinski definition) is 11. The van der Waals surface area contributed by atoms with E-state index in [4.69, 9.17) is 9.47 Å². The molecule has 354 valence electrons. The SMILES string of the molecule is Cc1nc2[nH]ccc2cc1Oc1cc(N2CCC3(CC2)CN(C2CCC[C@@H]2c2ccccc2C(C)C)C3)ccc1C(=O)NS(=O)(=O)c1cc2c(c([N+](=O)[O-])c1)NC(C1CCC(C)(C)CC1)CO2. The molecule has 5 aromatic rings. The molecule has 3 aliphatic heterocycles. The number of aromatic amines is 1. The lowest BCUT2D eigenvalue weighted by molar-refractivity contribution is -0.384. The lowest BCUT2D eigenvalue weighted by atomic mass is 9.70. The first-order valence-corrected chi connectivity index (χ1v) is 25.7. The fourth-order valence-electron chi connectivity index (χ4n) is 11.8. The van der Waals surface area contributed by atoms with Crippen molar-refractivity contribution >= 4 is 44.0 Å². The Labute approximate surface area is 393 Å². The van der Waals surface area contributed by atoms with Crippen molar-refractivity contribution in [1.82, 2.24) is 19.6 Å². The van der Waals surface area contributed by atoms with Crippen LogP contribution in [0.5, 0.6) is 17.2 Å². The second-order valence-corrected chi connectivity index (χ2v) is 22.8. The summed E-state index contributed by atoms with van der Waals surface area (Å²) in [4.78, 5) is 38.4. The van der Waals surface area contributed by atoms with Crippen molar-refractivity contribution in [2.45, 2.75) is 121 Å². The van der Waals surface area contributed by atoms with Crippen molar-refractivity contribution in [3.05, 3.63) is 105 Å². The molecular formula is C52H63N7O7S. The highest BCUT2D eigenvalue weighted by atomic mass is 32.2. The van der Waals surface area contributed by atoms with Crippen molar-refractivity contribution in [2.24, 2.45) is 16.7 Å². The molecule has 2 aromatic heterocycles. The number of carbonyl (C=O) groups is 1. The van der Waals surface area contributed by atoms with Gasteiger partial charge >= 0.3 is 0 Å². The third-order valence-electron chi connectivity index (χ3n) is 15.8. The van der Waals surface area contributed by atoms with Crippen LogP contribution in [0.1, 0.15) is 124 Å². The number of hydrogen-bond donors (Lipinski definition) is 3. The molecule has 5 heterocycles. The van der Waals surface area contributed by atoms with Crippen LogP contribution in [-0.2, 0) is 10.0 Å². The number of ether oxygens (including phenoxy) is 2. The van der Waals surface area contributed by atoms with Crippen LogP contribution < -0.4 is 24.4 Å². The topological polar surface area (TPSA) is 172 Å². The zero-order valence-corrected chi connectivity index (χ0v) is 40.1. The summed E-state index contributed by atoms with van der Waals surface area (Å²) in [6.07, 6.45) is 11.6. The first-order chi connectivity index (χ1) is 32.1. The summed E-state index contributed by atoms with van der Waals surface area (Å²) < 4.78 is 42.8. The van der Waals surface area contributed by atoms with E-state index < -0.39 is 31.4 Å². The van der Waals surface area contributed by atoms with E-state index in [9.17, 15) is 23.3 Å². The minimum atomic E-state index is -4.64. The van der Waals surface area contributed by atoms with Gasteiger partial charge in [0, 0.05) is 67.7 Å². The van der Waals surface area contributed by atoms with Crippen LogP contribution in [0.3, 0.4) is 0 Å². The molecule has 5 aliphatic rings. The number of carbonyl (C=O) groups excluding carboxylic acids is 1. The summed E-state index contributed by atoms with van der Waals surface area (Å²) >= 11 is 0. The van der Waals surface area contributed by atoms with Crippen molar-refractivity contribution in [3.8, 4) is 17.2 Å². The van der Waals surface area contributed by atoms with E-state index in [-0.39, 0.29) is 52.1 Å². The zero-order chi connectivity index (χ0) is 46.8. The Balaban J connectivity index is 0.866. The van der Waals surface area contributed by atoms with Gasteiger partial charge in [-0.2, -0.15) is 0 Å². The summed E-state index contributed by atoms with van der Waals surface area (Å²) in [6, 6.07) is 20.6. The van der Waals surface area contributed by atoms with Gasteiger partial charge in [-0.1, -0.05) is 58.4 Å². The van der Waals surface area contributed by atoms with Gasteiger partial charge in [0.1, 0.15) is 23.8 Å². The van der Waals surface area contributed by atoms with Crippen LogP contribution in [0.15, 0.2) is 77.8 Å². The molecule has 3 aromatic carbocycles. The second-order valence-electron chi connectivity index (χ2n) is 21.1. The molecule has 0 bridgehead atoms. The number of fused-ring (bicyclic) bond motifs is 2. The van der Waals surface area contributed by atoms with Gasteiger partial charge in [-0.25, -0.2) is 18.1 Å². The fourth-order valence-corrected chi connectivity index (χ4v) is 12.8. The first kappa shape index (κ1) is 45.1. The number of H-pyrrole nitrogens is 1. The number of aromatic nitrogens is 2. The number of nitrogens with zero attached hydrogens (tertiary/aromatic N) is 4. The molecule has 1 spiro atoms. The number of nitrogens with one attached hydrogen (secondary N) is 3. The molecule has 2 saturated carbocycles. The highest BCUT2D eigenvalue weighted by Crippen LogP contribution is 2.50. The third kappa shape index (κ3) is 8.85. The van der Waals surface area contributed by atoms with Crippen molar-refractivity contribution < 1.29 is 27.6 Å². The Morgan fingerprint density at radius 2 is 1.73 bits per heavy atom. The van der Waals surface area contributed by atoms with E-state index in [1.54, 1.807) is 18.3 Å². The van der Waals surface area contributed by atoms with Crippen LogP contribution >= 0.6 is 0 Å². The molecule has 2 saturated heterocycles. The molecule has 3 atom stereocenters. The highest BCUT2D eigenvalue weighted by Gasteiger charge is 2.49. The average molecular weight is 930 g/mol. The lowest BCUT2D eigenvalue weighted by Gasteiger charge is -2.57. The van der Waals surface area contributed by atoms with Crippen LogP contribution in [0.2, 0.25) is 0 Å². The van der Waals surface area contributed by atoms with Crippen molar-refractivity contribution in [2.75, 3.05) is 43.0 Å². The largest absolute Gasteiger partial charge is 0.489 e. The van der Waals surface area contributed by atoms with Crippen molar-refractivity contribution in [3.63, 3.8) is 0 Å². The smallest absolute Gasteiger partial charge is 0.297 e. The van der Waals surface area contributed by atoms with Crippen LogP contribution in [0.4, 0.5) is 17.1 Å². The van der Waals surface area contributed by atoms with Gasteiger partial charge in [-0.3, -0.25) is 19.8 Å². The molecule has 14 nitrogen and oxygen atoms in total. The van der Waals surface area contributed by atoms with Gasteiger partial charge < -0.3 is 24.7 Å². The van der Waals surface area contributed by atoms with Gasteiger partial charge in [-0.05, 0) is 122 Å². The minimum Gasteiger partial charge on any atom is -0.489 e. The second kappa shape index (κ2) is 17.4. The normalized spacial score (nSPS) is 22.8. The van der Waals surface area contributed by atoms with E-state index in [0.717, 1.165) is 81.8 Å². The van der Waals surface area contributed by atoms with Crippen LogP contribution in [0, 0.1) is 33.8 Å². The third-order valence-corrected chi connectivity index (χ3v) is 17.1. The van der Waals surface area contributed by atoms with E-state index in [1.807, 2.05) is 25.1 Å².